The number of hydrogen-bond donors (Lipinski definition) is 2. The van der Waals surface area contributed by atoms with E-state index in [4.69, 9.17) is 4.74 Å². The molecule has 150 valence electrons. The minimum atomic E-state index is -0.244. The number of aryl methyl sites for hydroxylation is 1. The summed E-state index contributed by atoms with van der Waals surface area (Å²) in [4.78, 5) is 13.3. The molecule has 1 amide bonds. The Bertz CT molecular complexity index is 1120. The molecule has 29 heavy (non-hydrogen) atoms. The summed E-state index contributed by atoms with van der Waals surface area (Å²) in [5.74, 6) is 0.763. The number of phenolic OH excluding ortho intramolecular Hbond substituents is 2. The number of benzene rings is 3. The van der Waals surface area contributed by atoms with Crippen LogP contribution < -0.4 is 4.74 Å². The molecule has 5 nitrogen and oxygen atoms in total. The van der Waals surface area contributed by atoms with Gasteiger partial charge in [0.15, 0.2) is 0 Å². The van der Waals surface area contributed by atoms with E-state index in [0.29, 0.717) is 28.7 Å². The summed E-state index contributed by atoms with van der Waals surface area (Å²) in [6, 6.07) is 11.2. The zero-order valence-electron chi connectivity index (χ0n) is 17.1. The number of methoxy groups -OCH3 is 1. The Morgan fingerprint density at radius 1 is 1.07 bits per heavy atom. The van der Waals surface area contributed by atoms with Crippen LogP contribution in [0.5, 0.6) is 17.2 Å². The number of hydrogen-bond acceptors (Lipinski definition) is 4. The van der Waals surface area contributed by atoms with Gasteiger partial charge < -0.3 is 19.8 Å². The molecule has 3 aromatic rings. The van der Waals surface area contributed by atoms with Crippen molar-refractivity contribution in [1.29, 1.82) is 0 Å². The highest BCUT2D eigenvalue weighted by Gasteiger charge is 2.32. The average Bonchev–Trinajstić information content (AvgIpc) is 2.68. The molecule has 0 spiro atoms. The van der Waals surface area contributed by atoms with Crippen LogP contribution in [0.1, 0.15) is 36.6 Å². The van der Waals surface area contributed by atoms with Gasteiger partial charge in [0.25, 0.3) is 0 Å². The van der Waals surface area contributed by atoms with Crippen LogP contribution in [0.4, 0.5) is 0 Å². The second-order valence-electron chi connectivity index (χ2n) is 7.84. The number of carbonyl (C=O) groups excluding carboxylic acids is 1. The van der Waals surface area contributed by atoms with Crippen molar-refractivity contribution in [3.8, 4) is 28.4 Å². The maximum absolute atomic E-state index is 11.5. The molecule has 0 aliphatic carbocycles. The Morgan fingerprint density at radius 3 is 2.45 bits per heavy atom. The quantitative estimate of drug-likeness (QED) is 0.635. The molecule has 2 N–H and O–H groups in total. The monoisotopic (exact) mass is 391 g/mol. The minimum absolute atomic E-state index is 0.0682. The molecule has 1 aliphatic rings. The maximum Gasteiger partial charge on any atom is 0.210 e. The molecule has 2 unspecified atom stereocenters. The summed E-state index contributed by atoms with van der Waals surface area (Å²) < 4.78 is 5.49. The molecule has 0 fully saturated rings. The first kappa shape index (κ1) is 19.1. The summed E-state index contributed by atoms with van der Waals surface area (Å²) in [7, 11) is 1.58. The van der Waals surface area contributed by atoms with Gasteiger partial charge in [-0.05, 0) is 55.8 Å². The smallest absolute Gasteiger partial charge is 0.210 e. The van der Waals surface area contributed by atoms with Gasteiger partial charge in [-0.15, -0.1) is 0 Å². The number of fused-ring (bicyclic) bond motifs is 2. The number of rotatable bonds is 3. The van der Waals surface area contributed by atoms with Crippen molar-refractivity contribution < 1.29 is 19.7 Å². The predicted molar refractivity (Wildman–Crippen MR) is 113 cm³/mol. The van der Waals surface area contributed by atoms with Crippen LogP contribution in [0.15, 0.2) is 36.4 Å². The van der Waals surface area contributed by atoms with Crippen LogP contribution >= 0.6 is 0 Å². The highest BCUT2D eigenvalue weighted by Crippen LogP contribution is 2.47. The third-order valence-electron chi connectivity index (χ3n) is 6.03. The van der Waals surface area contributed by atoms with E-state index in [1.807, 2.05) is 57.2 Å². The van der Waals surface area contributed by atoms with E-state index in [1.54, 1.807) is 12.0 Å². The molecule has 0 radical (unpaired) electrons. The topological polar surface area (TPSA) is 70.0 Å². The first-order chi connectivity index (χ1) is 13.9. The maximum atomic E-state index is 11.5. The standard InChI is InChI=1S/C24H25NO4/c1-13-9-16-5-7-19(24(28)22(16)20(10-13)29-4)18-8-6-17-11-14(2)25(12-26)15(3)21(17)23(18)27/h5-10,12,14-15,27-28H,11H2,1-4H3. The van der Waals surface area contributed by atoms with Crippen LogP contribution in [0.25, 0.3) is 21.9 Å². The molecule has 0 aromatic heterocycles. The first-order valence-electron chi connectivity index (χ1n) is 9.75. The van der Waals surface area contributed by atoms with Crippen LogP contribution in [-0.4, -0.2) is 34.7 Å². The van der Waals surface area contributed by atoms with Gasteiger partial charge in [0, 0.05) is 22.7 Å². The fraction of sp³-hybridized carbons (Fsp3) is 0.292. The third-order valence-corrected chi connectivity index (χ3v) is 6.03. The first-order valence-corrected chi connectivity index (χ1v) is 9.75. The van der Waals surface area contributed by atoms with Gasteiger partial charge in [0.2, 0.25) is 6.41 Å². The van der Waals surface area contributed by atoms with Gasteiger partial charge >= 0.3 is 0 Å². The SMILES string of the molecule is COc1cc(C)cc2ccc(-c3ccc4c(c3O)C(C)N(C=O)C(C)C4)c(O)c12. The Morgan fingerprint density at radius 2 is 1.76 bits per heavy atom. The molecular formula is C24H25NO4. The number of ether oxygens (including phenoxy) is 1. The van der Waals surface area contributed by atoms with Crippen molar-refractivity contribution in [1.82, 2.24) is 4.90 Å². The number of carbonyl (C=O) groups is 1. The van der Waals surface area contributed by atoms with Gasteiger partial charge in [0.1, 0.15) is 17.2 Å². The molecule has 0 bridgehead atoms. The summed E-state index contributed by atoms with van der Waals surface area (Å²) in [5.41, 5.74) is 3.87. The lowest BCUT2D eigenvalue weighted by atomic mass is 9.86. The van der Waals surface area contributed by atoms with Gasteiger partial charge in [0.05, 0.1) is 18.5 Å². The van der Waals surface area contributed by atoms with Crippen molar-refractivity contribution in [3.63, 3.8) is 0 Å². The van der Waals surface area contributed by atoms with Crippen molar-refractivity contribution in [2.75, 3.05) is 7.11 Å². The van der Waals surface area contributed by atoms with E-state index in [0.717, 1.165) is 28.5 Å². The van der Waals surface area contributed by atoms with Crippen LogP contribution in [-0.2, 0) is 11.2 Å². The molecule has 4 rings (SSSR count). The Hall–Kier alpha value is -3.21. The van der Waals surface area contributed by atoms with E-state index in [2.05, 4.69) is 0 Å². The van der Waals surface area contributed by atoms with E-state index in [-0.39, 0.29) is 23.6 Å². The Kier molecular flexibility index (Phi) is 4.61. The molecule has 1 heterocycles. The van der Waals surface area contributed by atoms with Crippen molar-refractivity contribution in [2.24, 2.45) is 0 Å². The molecule has 0 saturated carbocycles. The van der Waals surface area contributed by atoms with E-state index >= 15 is 0 Å². The fourth-order valence-corrected chi connectivity index (χ4v) is 4.59. The predicted octanol–water partition coefficient (Wildman–Crippen LogP) is 4.70. The van der Waals surface area contributed by atoms with E-state index in [1.165, 1.54) is 0 Å². The molecule has 1 aliphatic heterocycles. The number of aromatic hydroxyl groups is 2. The largest absolute Gasteiger partial charge is 0.507 e. The van der Waals surface area contributed by atoms with E-state index in [9.17, 15) is 15.0 Å². The van der Waals surface area contributed by atoms with Gasteiger partial charge in [-0.1, -0.05) is 24.3 Å². The summed E-state index contributed by atoms with van der Waals surface area (Å²) in [5, 5.41) is 23.7. The Labute approximate surface area is 170 Å². The zero-order valence-corrected chi connectivity index (χ0v) is 17.1. The van der Waals surface area contributed by atoms with Gasteiger partial charge in [-0.25, -0.2) is 0 Å². The number of nitrogens with zero attached hydrogens (tertiary/aromatic N) is 1. The second kappa shape index (κ2) is 6.99. The van der Waals surface area contributed by atoms with E-state index < -0.39 is 0 Å². The summed E-state index contributed by atoms with van der Waals surface area (Å²) >= 11 is 0. The minimum Gasteiger partial charge on any atom is -0.507 e. The van der Waals surface area contributed by atoms with Crippen molar-refractivity contribution in [3.05, 3.63) is 53.1 Å². The van der Waals surface area contributed by atoms with Crippen LogP contribution in [0, 0.1) is 6.92 Å². The number of phenols is 2. The normalized spacial score (nSPS) is 18.6. The van der Waals surface area contributed by atoms with Crippen LogP contribution in [0.3, 0.4) is 0 Å². The average molecular weight is 391 g/mol. The van der Waals surface area contributed by atoms with Crippen LogP contribution in [0.2, 0.25) is 0 Å². The summed E-state index contributed by atoms with van der Waals surface area (Å²) in [6.45, 7) is 5.89. The second-order valence-corrected chi connectivity index (χ2v) is 7.84. The fourth-order valence-electron chi connectivity index (χ4n) is 4.59. The third kappa shape index (κ3) is 2.89. The summed E-state index contributed by atoms with van der Waals surface area (Å²) in [6.07, 6.45) is 1.52. The molecule has 5 heteroatoms. The Balaban J connectivity index is 1.94. The van der Waals surface area contributed by atoms with Crippen molar-refractivity contribution >= 4 is 17.2 Å². The lowest BCUT2D eigenvalue weighted by Gasteiger charge is -2.38. The van der Waals surface area contributed by atoms with Gasteiger partial charge in [-0.2, -0.15) is 0 Å². The number of amides is 1. The highest BCUT2D eigenvalue weighted by molar-refractivity contribution is 6.00. The molecular weight excluding hydrogens is 366 g/mol. The zero-order chi connectivity index (χ0) is 20.9. The molecule has 2 atom stereocenters. The highest BCUT2D eigenvalue weighted by atomic mass is 16.5. The van der Waals surface area contributed by atoms with Gasteiger partial charge in [-0.3, -0.25) is 4.79 Å². The van der Waals surface area contributed by atoms with Crippen molar-refractivity contribution in [2.45, 2.75) is 39.3 Å². The lowest BCUT2D eigenvalue weighted by Crippen LogP contribution is -2.40. The molecule has 0 saturated heterocycles. The molecule has 3 aromatic carbocycles. The lowest BCUT2D eigenvalue weighted by molar-refractivity contribution is -0.122.